The van der Waals surface area contributed by atoms with Crippen molar-refractivity contribution in [2.45, 2.75) is 9.72 Å². The van der Waals surface area contributed by atoms with Gasteiger partial charge in [0.15, 0.2) is 0 Å². The van der Waals surface area contributed by atoms with Crippen LogP contribution in [0.4, 0.5) is 0 Å². The summed E-state index contributed by atoms with van der Waals surface area (Å²) in [5.74, 6) is 0. The summed E-state index contributed by atoms with van der Waals surface area (Å²) >= 11 is 17.5. The molecule has 0 aliphatic rings. The Kier molecular flexibility index (Phi) is 5.02. The van der Waals surface area contributed by atoms with E-state index >= 15 is 0 Å². The molecular weight excluding hydrogens is 351 g/mol. The molecule has 0 nitrogen and oxygen atoms in total. The van der Waals surface area contributed by atoms with Crippen LogP contribution in [-0.4, -0.2) is 6.26 Å². The summed E-state index contributed by atoms with van der Waals surface area (Å²) in [6, 6.07) is 14.0. The summed E-state index contributed by atoms with van der Waals surface area (Å²) in [4.78, 5) is 1.38. The number of alkyl halides is 1. The molecule has 0 spiro atoms. The third-order valence-electron chi connectivity index (χ3n) is 2.65. The lowest BCUT2D eigenvalue weighted by molar-refractivity contribution is 1.12. The lowest BCUT2D eigenvalue weighted by Crippen LogP contribution is -1.95. The Hall–Kier alpha value is -0.150. The molecule has 0 aromatic heterocycles. The van der Waals surface area contributed by atoms with Crippen LogP contribution in [0.15, 0.2) is 47.4 Å². The van der Waals surface area contributed by atoms with E-state index in [1.807, 2.05) is 30.3 Å². The molecule has 94 valence electrons. The van der Waals surface area contributed by atoms with E-state index in [9.17, 15) is 0 Å². The summed E-state index contributed by atoms with van der Waals surface area (Å²) in [7, 11) is 0. The molecule has 0 aliphatic heterocycles. The lowest BCUT2D eigenvalue weighted by Gasteiger charge is -2.14. The van der Waals surface area contributed by atoms with Crippen molar-refractivity contribution < 1.29 is 0 Å². The van der Waals surface area contributed by atoms with Crippen molar-refractivity contribution in [2.24, 2.45) is 0 Å². The van der Waals surface area contributed by atoms with E-state index < -0.39 is 0 Å². The highest BCUT2D eigenvalue weighted by Crippen LogP contribution is 2.38. The second-order valence-corrected chi connectivity index (χ2v) is 6.36. The number of hydrogen-bond acceptors (Lipinski definition) is 1. The first-order valence-corrected chi connectivity index (χ1v) is 8.25. The van der Waals surface area contributed by atoms with Crippen LogP contribution < -0.4 is 0 Å². The van der Waals surface area contributed by atoms with E-state index in [0.29, 0.717) is 10.0 Å². The molecule has 0 heterocycles. The minimum atomic E-state index is 0.121. The van der Waals surface area contributed by atoms with Crippen LogP contribution in [0.1, 0.15) is 16.0 Å². The van der Waals surface area contributed by atoms with E-state index in [4.69, 9.17) is 23.2 Å². The van der Waals surface area contributed by atoms with Crippen LogP contribution >= 0.6 is 50.9 Å². The Morgan fingerprint density at radius 2 is 1.78 bits per heavy atom. The molecule has 1 atom stereocenters. The zero-order chi connectivity index (χ0) is 13.1. The van der Waals surface area contributed by atoms with Crippen molar-refractivity contribution in [2.75, 3.05) is 6.26 Å². The number of benzene rings is 2. The highest BCUT2D eigenvalue weighted by molar-refractivity contribution is 9.09. The SMILES string of the molecule is CSc1ccccc1C(Br)c1ccc(Cl)c(Cl)c1. The van der Waals surface area contributed by atoms with E-state index in [0.717, 1.165) is 5.56 Å². The predicted molar refractivity (Wildman–Crippen MR) is 85.5 cm³/mol. The largest absolute Gasteiger partial charge is 0.129 e. The van der Waals surface area contributed by atoms with Gasteiger partial charge in [0.25, 0.3) is 0 Å². The molecule has 18 heavy (non-hydrogen) atoms. The molecule has 0 saturated carbocycles. The Bertz CT molecular complexity index is 557. The molecule has 4 heteroatoms. The molecule has 2 rings (SSSR count). The summed E-state index contributed by atoms with van der Waals surface area (Å²) < 4.78 is 0. The van der Waals surface area contributed by atoms with Crippen LogP contribution in [0.2, 0.25) is 10.0 Å². The van der Waals surface area contributed by atoms with Crippen molar-refractivity contribution in [3.05, 3.63) is 63.6 Å². The zero-order valence-electron chi connectivity index (χ0n) is 9.66. The first-order chi connectivity index (χ1) is 8.63. The van der Waals surface area contributed by atoms with E-state index in [-0.39, 0.29) is 4.83 Å². The zero-order valence-corrected chi connectivity index (χ0v) is 13.6. The topological polar surface area (TPSA) is 0 Å². The van der Waals surface area contributed by atoms with Crippen molar-refractivity contribution in [3.63, 3.8) is 0 Å². The van der Waals surface area contributed by atoms with Gasteiger partial charge in [-0.05, 0) is 35.6 Å². The highest BCUT2D eigenvalue weighted by atomic mass is 79.9. The highest BCUT2D eigenvalue weighted by Gasteiger charge is 2.14. The third kappa shape index (κ3) is 3.05. The van der Waals surface area contributed by atoms with Crippen LogP contribution in [0.5, 0.6) is 0 Å². The van der Waals surface area contributed by atoms with Crippen molar-refractivity contribution in [1.82, 2.24) is 0 Å². The Morgan fingerprint density at radius 3 is 2.44 bits per heavy atom. The molecule has 0 aliphatic carbocycles. The second-order valence-electron chi connectivity index (χ2n) is 3.78. The first-order valence-electron chi connectivity index (χ1n) is 5.35. The molecule has 1 unspecified atom stereocenters. The van der Waals surface area contributed by atoms with Gasteiger partial charge < -0.3 is 0 Å². The Balaban J connectivity index is 2.41. The summed E-state index contributed by atoms with van der Waals surface area (Å²) in [5.41, 5.74) is 2.34. The predicted octanol–water partition coefficient (Wildman–Crippen LogP) is 6.20. The van der Waals surface area contributed by atoms with E-state index in [1.165, 1.54) is 10.5 Å². The van der Waals surface area contributed by atoms with Gasteiger partial charge in [-0.15, -0.1) is 11.8 Å². The molecule has 2 aromatic carbocycles. The van der Waals surface area contributed by atoms with Crippen LogP contribution in [0, 0.1) is 0 Å². The monoisotopic (exact) mass is 360 g/mol. The molecule has 0 fully saturated rings. The van der Waals surface area contributed by atoms with Crippen LogP contribution in [-0.2, 0) is 0 Å². The van der Waals surface area contributed by atoms with Crippen molar-refractivity contribution >= 4 is 50.9 Å². The summed E-state index contributed by atoms with van der Waals surface area (Å²) in [6.45, 7) is 0. The molecule has 2 aromatic rings. The molecule has 0 radical (unpaired) electrons. The van der Waals surface area contributed by atoms with Crippen molar-refractivity contribution in [3.8, 4) is 0 Å². The van der Waals surface area contributed by atoms with Crippen molar-refractivity contribution in [1.29, 1.82) is 0 Å². The maximum Gasteiger partial charge on any atom is 0.0656 e. The van der Waals surface area contributed by atoms with Gasteiger partial charge >= 0.3 is 0 Å². The number of hydrogen-bond donors (Lipinski definition) is 0. The molecule has 0 N–H and O–H groups in total. The minimum absolute atomic E-state index is 0.121. The quantitative estimate of drug-likeness (QED) is 0.463. The Labute approximate surface area is 130 Å². The fourth-order valence-corrected chi connectivity index (χ4v) is 3.50. The Morgan fingerprint density at radius 1 is 1.06 bits per heavy atom. The molecule has 0 saturated heterocycles. The number of halogens is 3. The van der Waals surface area contributed by atoms with Crippen LogP contribution in [0.3, 0.4) is 0 Å². The number of rotatable bonds is 3. The average molecular weight is 362 g/mol. The van der Waals surface area contributed by atoms with Gasteiger partial charge in [-0.3, -0.25) is 0 Å². The maximum absolute atomic E-state index is 6.06. The third-order valence-corrected chi connectivity index (χ3v) is 5.22. The molecule has 0 amide bonds. The van der Waals surface area contributed by atoms with Gasteiger partial charge in [0.05, 0.1) is 14.9 Å². The van der Waals surface area contributed by atoms with E-state index in [2.05, 4.69) is 34.3 Å². The fraction of sp³-hybridized carbons (Fsp3) is 0.143. The van der Waals surface area contributed by atoms with E-state index in [1.54, 1.807) is 11.8 Å². The lowest BCUT2D eigenvalue weighted by atomic mass is 10.0. The average Bonchev–Trinajstić information content (AvgIpc) is 2.41. The fourth-order valence-electron chi connectivity index (χ4n) is 1.73. The summed E-state index contributed by atoms with van der Waals surface area (Å²) in [6.07, 6.45) is 2.08. The minimum Gasteiger partial charge on any atom is -0.129 e. The summed E-state index contributed by atoms with van der Waals surface area (Å²) in [5, 5.41) is 1.17. The molecular formula is C14H11BrCl2S. The van der Waals surface area contributed by atoms with Gasteiger partial charge in [0.1, 0.15) is 0 Å². The normalized spacial score (nSPS) is 12.4. The smallest absolute Gasteiger partial charge is 0.0656 e. The van der Waals surface area contributed by atoms with Gasteiger partial charge in [0, 0.05) is 4.90 Å². The maximum atomic E-state index is 6.06. The van der Waals surface area contributed by atoms with Gasteiger partial charge in [0.2, 0.25) is 0 Å². The van der Waals surface area contributed by atoms with Gasteiger partial charge in [-0.25, -0.2) is 0 Å². The first kappa shape index (κ1) is 14.3. The van der Waals surface area contributed by atoms with Gasteiger partial charge in [-0.1, -0.05) is 63.4 Å². The standard InChI is InChI=1S/C14H11BrCl2S/c1-18-13-5-3-2-4-10(13)14(15)9-6-7-11(16)12(17)8-9/h2-8,14H,1H3. The number of thioether (sulfide) groups is 1. The molecule has 0 bridgehead atoms. The van der Waals surface area contributed by atoms with Gasteiger partial charge in [-0.2, -0.15) is 0 Å². The van der Waals surface area contributed by atoms with Crippen LogP contribution in [0.25, 0.3) is 0 Å². The second kappa shape index (κ2) is 6.33.